The molecule has 2 rings (SSSR count). The molecule has 0 atom stereocenters. The molecule has 0 aliphatic rings. The van der Waals surface area contributed by atoms with Crippen LogP contribution in [0.3, 0.4) is 0 Å². The summed E-state index contributed by atoms with van der Waals surface area (Å²) in [5.41, 5.74) is 6.93. The van der Waals surface area contributed by atoms with Gasteiger partial charge in [-0.25, -0.2) is 0 Å². The maximum atomic E-state index is 11.5. The number of amides is 1. The molecular weight excluding hydrogens is 300 g/mol. The molecule has 0 radical (unpaired) electrons. The van der Waals surface area contributed by atoms with Crippen molar-refractivity contribution in [2.45, 2.75) is 6.92 Å². The number of nitrogens with one attached hydrogen (secondary N) is 1. The zero-order chi connectivity index (χ0) is 13.1. The number of rotatable bonds is 3. The fraction of sp³-hybridized carbons (Fsp3) is 0.182. The highest BCUT2D eigenvalue weighted by molar-refractivity contribution is 9.10. The first-order chi connectivity index (χ1) is 8.61. The minimum atomic E-state index is -0.372. The average Bonchev–Trinajstić information content (AvgIpc) is 2.78. The molecule has 1 amide bonds. The predicted octanol–water partition coefficient (Wildman–Crippen LogP) is 1.83. The summed E-state index contributed by atoms with van der Waals surface area (Å²) in [6.45, 7) is 2.31. The first-order valence-electron chi connectivity index (χ1n) is 5.29. The second-order valence-corrected chi connectivity index (χ2v) is 4.43. The van der Waals surface area contributed by atoms with Gasteiger partial charge in [0.25, 0.3) is 17.6 Å². The first kappa shape index (κ1) is 12.6. The third kappa shape index (κ3) is 2.51. The average molecular weight is 311 g/mol. The van der Waals surface area contributed by atoms with E-state index < -0.39 is 0 Å². The van der Waals surface area contributed by atoms with E-state index in [4.69, 9.17) is 10.3 Å². The van der Waals surface area contributed by atoms with Crippen molar-refractivity contribution in [3.05, 3.63) is 28.5 Å². The number of nitrogens with two attached hydrogens (primary N) is 1. The van der Waals surface area contributed by atoms with Crippen LogP contribution < -0.4 is 11.1 Å². The summed E-state index contributed by atoms with van der Waals surface area (Å²) in [5, 5.41) is 6.20. The molecule has 0 saturated carbocycles. The highest BCUT2D eigenvalue weighted by Gasteiger charge is 2.16. The largest absolute Gasteiger partial charge is 0.398 e. The van der Waals surface area contributed by atoms with Crippen molar-refractivity contribution >= 4 is 27.5 Å². The lowest BCUT2D eigenvalue weighted by molar-refractivity contribution is 0.0942. The lowest BCUT2D eigenvalue weighted by Gasteiger charge is -2.00. The van der Waals surface area contributed by atoms with Gasteiger partial charge in [-0.3, -0.25) is 4.79 Å². The topological polar surface area (TPSA) is 94.0 Å². The summed E-state index contributed by atoms with van der Waals surface area (Å²) in [5.74, 6) is -0.154. The zero-order valence-corrected chi connectivity index (χ0v) is 11.2. The lowest BCUT2D eigenvalue weighted by atomic mass is 10.2. The third-order valence-corrected chi connectivity index (χ3v) is 2.70. The Hall–Kier alpha value is -1.89. The number of carbonyl (C=O) groups is 1. The number of nitrogen functional groups attached to an aromatic ring is 1. The maximum absolute atomic E-state index is 11.5. The standard InChI is InChI=1S/C11H11BrN4O2/c1-2-14-10(17)9-15-11(18-16-9)7-4-3-6(12)5-8(7)13/h3-5H,2,13H2,1H3,(H,14,17). The Morgan fingerprint density at radius 2 is 2.33 bits per heavy atom. The van der Waals surface area contributed by atoms with Crippen LogP contribution in [0.4, 0.5) is 5.69 Å². The van der Waals surface area contributed by atoms with E-state index in [2.05, 4.69) is 31.4 Å². The van der Waals surface area contributed by atoms with Crippen LogP contribution >= 0.6 is 15.9 Å². The van der Waals surface area contributed by atoms with E-state index in [0.717, 1.165) is 4.47 Å². The minimum absolute atomic E-state index is 0.00540. The summed E-state index contributed by atoms with van der Waals surface area (Å²) in [6, 6.07) is 5.28. The number of hydrogen-bond acceptors (Lipinski definition) is 5. The quantitative estimate of drug-likeness (QED) is 0.843. The molecule has 0 aliphatic heterocycles. The Morgan fingerprint density at radius 3 is 3.00 bits per heavy atom. The zero-order valence-electron chi connectivity index (χ0n) is 9.61. The highest BCUT2D eigenvalue weighted by Crippen LogP contribution is 2.27. The smallest absolute Gasteiger partial charge is 0.292 e. The third-order valence-electron chi connectivity index (χ3n) is 2.21. The molecular formula is C11H11BrN4O2. The number of aromatic nitrogens is 2. The molecule has 0 aliphatic carbocycles. The van der Waals surface area contributed by atoms with Crippen LogP contribution in [0.5, 0.6) is 0 Å². The molecule has 2 aromatic rings. The van der Waals surface area contributed by atoms with E-state index in [1.54, 1.807) is 12.1 Å². The van der Waals surface area contributed by atoms with Crippen molar-refractivity contribution in [3.63, 3.8) is 0 Å². The maximum Gasteiger partial charge on any atom is 0.292 e. The normalized spacial score (nSPS) is 10.3. The van der Waals surface area contributed by atoms with Crippen molar-refractivity contribution in [2.24, 2.45) is 0 Å². The SMILES string of the molecule is CCNC(=O)c1noc(-c2ccc(Br)cc2N)n1. The van der Waals surface area contributed by atoms with Gasteiger partial charge in [-0.15, -0.1) is 0 Å². The molecule has 0 bridgehead atoms. The molecule has 1 aromatic carbocycles. The second-order valence-electron chi connectivity index (χ2n) is 3.51. The molecule has 1 heterocycles. The summed E-state index contributed by atoms with van der Waals surface area (Å²) in [6.07, 6.45) is 0. The van der Waals surface area contributed by atoms with Crippen LogP contribution in [-0.4, -0.2) is 22.6 Å². The summed E-state index contributed by atoms with van der Waals surface area (Å²) < 4.78 is 5.88. The number of halogens is 1. The molecule has 6 nitrogen and oxygen atoms in total. The Bertz CT molecular complexity index is 582. The number of hydrogen-bond donors (Lipinski definition) is 2. The molecule has 18 heavy (non-hydrogen) atoms. The van der Waals surface area contributed by atoms with Gasteiger partial charge in [-0.2, -0.15) is 4.98 Å². The van der Waals surface area contributed by atoms with Crippen LogP contribution in [0, 0.1) is 0 Å². The van der Waals surface area contributed by atoms with Gasteiger partial charge in [0.05, 0.1) is 5.56 Å². The molecule has 0 saturated heterocycles. The van der Waals surface area contributed by atoms with Gasteiger partial charge in [0.2, 0.25) is 0 Å². The fourth-order valence-corrected chi connectivity index (χ4v) is 1.77. The number of anilines is 1. The van der Waals surface area contributed by atoms with Crippen molar-refractivity contribution in [2.75, 3.05) is 12.3 Å². The Kier molecular flexibility index (Phi) is 3.61. The Balaban J connectivity index is 2.32. The van der Waals surface area contributed by atoms with Crippen molar-refractivity contribution in [3.8, 4) is 11.5 Å². The molecule has 94 valence electrons. The Morgan fingerprint density at radius 1 is 1.56 bits per heavy atom. The first-order valence-corrected chi connectivity index (χ1v) is 6.08. The molecule has 0 unspecified atom stereocenters. The van der Waals surface area contributed by atoms with Crippen LogP contribution in [0.25, 0.3) is 11.5 Å². The van der Waals surface area contributed by atoms with Gasteiger partial charge in [-0.1, -0.05) is 21.1 Å². The van der Waals surface area contributed by atoms with Crippen molar-refractivity contribution in [1.29, 1.82) is 0 Å². The van der Waals surface area contributed by atoms with Gasteiger partial charge in [0, 0.05) is 16.7 Å². The van der Waals surface area contributed by atoms with E-state index in [1.807, 2.05) is 13.0 Å². The lowest BCUT2D eigenvalue weighted by Crippen LogP contribution is -2.23. The van der Waals surface area contributed by atoms with Crippen LogP contribution in [-0.2, 0) is 0 Å². The fourth-order valence-electron chi connectivity index (χ4n) is 1.39. The van der Waals surface area contributed by atoms with Crippen LogP contribution in [0.1, 0.15) is 17.5 Å². The van der Waals surface area contributed by atoms with Gasteiger partial charge >= 0.3 is 0 Å². The van der Waals surface area contributed by atoms with Crippen LogP contribution in [0.2, 0.25) is 0 Å². The van der Waals surface area contributed by atoms with Crippen LogP contribution in [0.15, 0.2) is 27.2 Å². The van der Waals surface area contributed by atoms with Gasteiger partial charge in [0.1, 0.15) is 0 Å². The van der Waals surface area contributed by atoms with E-state index in [1.165, 1.54) is 0 Å². The van der Waals surface area contributed by atoms with Gasteiger partial charge in [-0.05, 0) is 25.1 Å². The van der Waals surface area contributed by atoms with Crippen molar-refractivity contribution < 1.29 is 9.32 Å². The molecule has 1 aromatic heterocycles. The van der Waals surface area contributed by atoms with E-state index in [-0.39, 0.29) is 17.6 Å². The number of nitrogens with zero attached hydrogens (tertiary/aromatic N) is 2. The highest BCUT2D eigenvalue weighted by atomic mass is 79.9. The Labute approximate surface area is 112 Å². The van der Waals surface area contributed by atoms with E-state index >= 15 is 0 Å². The summed E-state index contributed by atoms with van der Waals surface area (Å²) in [4.78, 5) is 15.5. The summed E-state index contributed by atoms with van der Waals surface area (Å²) >= 11 is 3.31. The molecule has 3 N–H and O–H groups in total. The molecule has 0 fully saturated rings. The van der Waals surface area contributed by atoms with Gasteiger partial charge in [0.15, 0.2) is 0 Å². The second kappa shape index (κ2) is 5.18. The molecule has 7 heteroatoms. The summed E-state index contributed by atoms with van der Waals surface area (Å²) in [7, 11) is 0. The van der Waals surface area contributed by atoms with Gasteiger partial charge < -0.3 is 15.6 Å². The van der Waals surface area contributed by atoms with E-state index in [0.29, 0.717) is 17.8 Å². The molecule has 0 spiro atoms. The van der Waals surface area contributed by atoms with Crippen molar-refractivity contribution in [1.82, 2.24) is 15.5 Å². The van der Waals surface area contributed by atoms with E-state index in [9.17, 15) is 4.79 Å². The number of benzene rings is 1. The number of carbonyl (C=O) groups excluding carboxylic acids is 1. The predicted molar refractivity (Wildman–Crippen MR) is 69.9 cm³/mol. The minimum Gasteiger partial charge on any atom is -0.398 e. The monoisotopic (exact) mass is 310 g/mol.